The summed E-state index contributed by atoms with van der Waals surface area (Å²) in [5.41, 5.74) is 0. The highest BCUT2D eigenvalue weighted by Crippen LogP contribution is 2.49. The lowest BCUT2D eigenvalue weighted by Gasteiger charge is -2.45. The lowest BCUT2D eigenvalue weighted by molar-refractivity contribution is -0.380. The van der Waals surface area contributed by atoms with Crippen molar-refractivity contribution in [3.05, 3.63) is 0 Å². The maximum atomic E-state index is 11.4. The van der Waals surface area contributed by atoms with Gasteiger partial charge in [0.15, 0.2) is 12.4 Å². The predicted octanol–water partition coefficient (Wildman–Crippen LogP) is -5.04. The third kappa shape index (κ3) is 8.00. The zero-order valence-corrected chi connectivity index (χ0v) is 19.9. The average molecular weight is 582 g/mol. The number of phosphoric ester groups is 3. The molecule has 0 amide bonds. The van der Waals surface area contributed by atoms with Crippen LogP contribution in [0, 0.1) is 0 Å². The second kappa shape index (κ2) is 11.4. The number of aliphatic hydroxyl groups is 5. The van der Waals surface area contributed by atoms with Crippen molar-refractivity contribution in [3.8, 4) is 0 Å². The van der Waals surface area contributed by atoms with Gasteiger partial charge < -0.3 is 69.1 Å². The molecule has 0 aromatic heterocycles. The standard InChI is InChI=1S/C12H25O20P3/c13-1-4-6(16)10(32-35(24,25)26)12(3-15,28-4)29-11-7(17)9(31-34(21,22)23)8(5(2-14)27-11)30-33(18,19)20/h4-11,13-17H,1-3H2,(H2,18,19,20)(H2,21,22,23)(H2,24,25,26)/t4-,5-,6-,7-,8-,9-,10+,11-,12+/m1/s1. The van der Waals surface area contributed by atoms with Crippen LogP contribution in [0.2, 0.25) is 0 Å². The largest absolute Gasteiger partial charge is 0.470 e. The molecule has 2 rings (SSSR count). The van der Waals surface area contributed by atoms with Gasteiger partial charge in [-0.05, 0) is 0 Å². The second-order valence-electron chi connectivity index (χ2n) is 7.27. The van der Waals surface area contributed by atoms with Crippen molar-refractivity contribution in [2.45, 2.75) is 54.8 Å². The number of aliphatic hydroxyl groups excluding tert-OH is 5. The predicted molar refractivity (Wildman–Crippen MR) is 101 cm³/mol. The van der Waals surface area contributed by atoms with Crippen LogP contribution in [0.5, 0.6) is 0 Å². The Kier molecular flexibility index (Phi) is 10.2. The van der Waals surface area contributed by atoms with E-state index in [4.69, 9.17) is 43.6 Å². The van der Waals surface area contributed by atoms with Gasteiger partial charge in [-0.15, -0.1) is 0 Å². The summed E-state index contributed by atoms with van der Waals surface area (Å²) < 4.78 is 62.6. The Bertz CT molecular complexity index is 852. The Morgan fingerprint density at radius 3 is 1.63 bits per heavy atom. The molecular weight excluding hydrogens is 557 g/mol. The number of rotatable bonds is 11. The van der Waals surface area contributed by atoms with Crippen molar-refractivity contribution >= 4 is 23.5 Å². The Hall–Kier alpha value is 0.01000. The molecule has 0 unspecified atom stereocenters. The lowest BCUT2D eigenvalue weighted by atomic mass is 9.99. The van der Waals surface area contributed by atoms with Crippen LogP contribution in [0.15, 0.2) is 0 Å². The monoisotopic (exact) mass is 582 g/mol. The van der Waals surface area contributed by atoms with E-state index in [-0.39, 0.29) is 0 Å². The highest BCUT2D eigenvalue weighted by molar-refractivity contribution is 7.46. The summed E-state index contributed by atoms with van der Waals surface area (Å²) in [6, 6.07) is 0. The van der Waals surface area contributed by atoms with E-state index in [2.05, 4.69) is 13.6 Å². The molecule has 208 valence electrons. The Morgan fingerprint density at radius 2 is 1.20 bits per heavy atom. The van der Waals surface area contributed by atoms with Crippen molar-refractivity contribution in [1.29, 1.82) is 0 Å². The minimum absolute atomic E-state index is 0.997. The summed E-state index contributed by atoms with van der Waals surface area (Å²) in [4.78, 5) is 54.8. The van der Waals surface area contributed by atoms with Crippen molar-refractivity contribution in [2.75, 3.05) is 19.8 Å². The third-order valence-electron chi connectivity index (χ3n) is 4.75. The summed E-state index contributed by atoms with van der Waals surface area (Å²) in [6.45, 7) is -3.58. The highest BCUT2D eigenvalue weighted by atomic mass is 31.2. The van der Waals surface area contributed by atoms with E-state index in [0.29, 0.717) is 0 Å². The van der Waals surface area contributed by atoms with Gasteiger partial charge in [-0.25, -0.2) is 13.7 Å². The van der Waals surface area contributed by atoms with Gasteiger partial charge in [-0.3, -0.25) is 13.6 Å². The fourth-order valence-electron chi connectivity index (χ4n) is 3.44. The molecule has 11 N–H and O–H groups in total. The van der Waals surface area contributed by atoms with Crippen LogP contribution in [0.1, 0.15) is 0 Å². The summed E-state index contributed by atoms with van der Waals surface area (Å²) in [6.07, 6.45) is -17.3. The SMILES string of the molecule is O=P(O)(O)O[C@@H]1[C@@H](O)[C@@H](O[C@]2(CO)O[C@H](CO)[C@@H](O)[C@@H]2OP(=O)(O)O)O[C@H](CO)[C@H]1OP(=O)(O)O. The molecule has 0 radical (unpaired) electrons. The number of ether oxygens (including phenoxy) is 3. The van der Waals surface area contributed by atoms with Crippen LogP contribution in [-0.4, -0.2) is 130 Å². The first-order valence-corrected chi connectivity index (χ1v) is 13.9. The van der Waals surface area contributed by atoms with E-state index in [0.717, 1.165) is 0 Å². The molecule has 0 bridgehead atoms. The maximum Gasteiger partial charge on any atom is 0.470 e. The van der Waals surface area contributed by atoms with E-state index < -0.39 is 98.1 Å². The van der Waals surface area contributed by atoms with Crippen LogP contribution >= 0.6 is 23.5 Å². The van der Waals surface area contributed by atoms with E-state index in [1.165, 1.54) is 0 Å². The van der Waals surface area contributed by atoms with Crippen molar-refractivity contribution in [3.63, 3.8) is 0 Å². The molecule has 0 aliphatic carbocycles. The first kappa shape index (κ1) is 31.2. The molecular formula is C12H25O20P3. The Labute approximate surface area is 195 Å². The molecule has 2 saturated heterocycles. The van der Waals surface area contributed by atoms with Crippen LogP contribution in [0.25, 0.3) is 0 Å². The first-order chi connectivity index (χ1) is 15.9. The van der Waals surface area contributed by atoms with Crippen molar-refractivity contribution in [1.82, 2.24) is 0 Å². The van der Waals surface area contributed by atoms with Crippen LogP contribution in [0.3, 0.4) is 0 Å². The van der Waals surface area contributed by atoms with Gasteiger partial charge in [0.2, 0.25) is 5.79 Å². The van der Waals surface area contributed by atoms with E-state index >= 15 is 0 Å². The summed E-state index contributed by atoms with van der Waals surface area (Å²) >= 11 is 0. The zero-order valence-electron chi connectivity index (χ0n) is 17.2. The maximum absolute atomic E-state index is 11.4. The van der Waals surface area contributed by atoms with Crippen LogP contribution in [-0.2, 0) is 41.5 Å². The minimum Gasteiger partial charge on any atom is -0.394 e. The highest BCUT2D eigenvalue weighted by Gasteiger charge is 2.62. The van der Waals surface area contributed by atoms with Gasteiger partial charge in [-0.2, -0.15) is 0 Å². The second-order valence-corrected chi connectivity index (χ2v) is 10.8. The van der Waals surface area contributed by atoms with Gasteiger partial charge in [0.1, 0.15) is 43.2 Å². The lowest BCUT2D eigenvalue weighted by Crippen LogP contribution is -2.63. The summed E-state index contributed by atoms with van der Waals surface area (Å²) in [5, 5.41) is 49.6. The smallest absolute Gasteiger partial charge is 0.394 e. The molecule has 20 nitrogen and oxygen atoms in total. The normalized spacial score (nSPS) is 39.2. The molecule has 23 heteroatoms. The molecule has 0 aromatic carbocycles. The average Bonchev–Trinajstić information content (AvgIpc) is 2.95. The van der Waals surface area contributed by atoms with E-state index in [9.17, 15) is 39.2 Å². The molecule has 2 aliphatic rings. The molecule has 2 aliphatic heterocycles. The van der Waals surface area contributed by atoms with Gasteiger partial charge in [-0.1, -0.05) is 0 Å². The van der Waals surface area contributed by atoms with Gasteiger partial charge in [0.05, 0.1) is 13.2 Å². The first-order valence-electron chi connectivity index (χ1n) is 9.28. The fraction of sp³-hybridized carbons (Fsp3) is 1.00. The molecule has 2 heterocycles. The molecule has 35 heavy (non-hydrogen) atoms. The van der Waals surface area contributed by atoms with Gasteiger partial charge in [0, 0.05) is 0 Å². The van der Waals surface area contributed by atoms with Crippen LogP contribution < -0.4 is 0 Å². The third-order valence-corrected chi connectivity index (χ3v) is 6.29. The summed E-state index contributed by atoms with van der Waals surface area (Å²) in [7, 11) is -16.4. The number of phosphoric acid groups is 3. The molecule has 0 spiro atoms. The molecule has 0 saturated carbocycles. The van der Waals surface area contributed by atoms with Crippen molar-refractivity contribution in [2.24, 2.45) is 0 Å². The van der Waals surface area contributed by atoms with Gasteiger partial charge >= 0.3 is 23.5 Å². The van der Waals surface area contributed by atoms with Gasteiger partial charge in [0.25, 0.3) is 0 Å². The molecule has 0 aromatic rings. The van der Waals surface area contributed by atoms with E-state index in [1.807, 2.05) is 0 Å². The zero-order chi connectivity index (χ0) is 27.0. The molecule has 9 atom stereocenters. The molecule has 2 fully saturated rings. The van der Waals surface area contributed by atoms with Crippen molar-refractivity contribution < 1.29 is 96.4 Å². The Morgan fingerprint density at radius 1 is 0.714 bits per heavy atom. The minimum atomic E-state index is -5.53. The fourth-order valence-corrected chi connectivity index (χ4v) is 5.16. The van der Waals surface area contributed by atoms with Crippen LogP contribution in [0.4, 0.5) is 0 Å². The quantitative estimate of drug-likeness (QED) is 0.102. The summed E-state index contributed by atoms with van der Waals surface area (Å²) in [5.74, 6) is -2.82. The topological polar surface area (TPSA) is 329 Å². The Balaban J connectivity index is 2.46. The number of hydrogen-bond acceptors (Lipinski definition) is 14. The number of hydrogen-bond donors (Lipinski definition) is 11. The van der Waals surface area contributed by atoms with E-state index in [1.54, 1.807) is 0 Å².